The SMILES string of the molecule is CCNC(=O)c1ccc(Nc2cccc(C)c2C)c(N)c1. The molecule has 2 aromatic carbocycles. The molecule has 0 saturated carbocycles. The molecule has 0 spiro atoms. The molecule has 0 aliphatic carbocycles. The third-order valence-electron chi connectivity index (χ3n) is 3.53. The summed E-state index contributed by atoms with van der Waals surface area (Å²) in [5.74, 6) is -0.109. The maximum Gasteiger partial charge on any atom is 0.251 e. The van der Waals surface area contributed by atoms with E-state index in [9.17, 15) is 4.79 Å². The van der Waals surface area contributed by atoms with Gasteiger partial charge < -0.3 is 16.4 Å². The van der Waals surface area contributed by atoms with Gasteiger partial charge in [-0.3, -0.25) is 4.79 Å². The molecule has 2 aromatic rings. The summed E-state index contributed by atoms with van der Waals surface area (Å²) in [7, 11) is 0. The third kappa shape index (κ3) is 3.34. The van der Waals surface area contributed by atoms with Gasteiger partial charge in [0.2, 0.25) is 0 Å². The Morgan fingerprint density at radius 2 is 1.90 bits per heavy atom. The number of benzene rings is 2. The lowest BCUT2D eigenvalue weighted by atomic mass is 10.1. The molecule has 0 fully saturated rings. The number of nitrogens with two attached hydrogens (primary N) is 1. The van der Waals surface area contributed by atoms with E-state index in [1.807, 2.05) is 25.1 Å². The number of carbonyl (C=O) groups excluding carboxylic acids is 1. The van der Waals surface area contributed by atoms with E-state index in [-0.39, 0.29) is 5.91 Å². The van der Waals surface area contributed by atoms with E-state index in [1.54, 1.807) is 12.1 Å². The van der Waals surface area contributed by atoms with Gasteiger partial charge in [-0.25, -0.2) is 0 Å². The largest absolute Gasteiger partial charge is 0.397 e. The molecule has 21 heavy (non-hydrogen) atoms. The molecule has 0 radical (unpaired) electrons. The van der Waals surface area contributed by atoms with Crippen LogP contribution in [-0.4, -0.2) is 12.5 Å². The van der Waals surface area contributed by atoms with E-state index in [0.29, 0.717) is 17.8 Å². The molecular formula is C17H21N3O. The summed E-state index contributed by atoms with van der Waals surface area (Å²) in [5, 5.41) is 6.08. The van der Waals surface area contributed by atoms with Crippen molar-refractivity contribution in [3.05, 3.63) is 53.1 Å². The zero-order valence-corrected chi connectivity index (χ0v) is 12.7. The Kier molecular flexibility index (Phi) is 4.48. The van der Waals surface area contributed by atoms with Crippen LogP contribution in [0.25, 0.3) is 0 Å². The molecule has 0 bridgehead atoms. The zero-order chi connectivity index (χ0) is 15.4. The molecular weight excluding hydrogens is 262 g/mol. The van der Waals surface area contributed by atoms with Crippen LogP contribution in [0.5, 0.6) is 0 Å². The molecule has 1 amide bonds. The number of rotatable bonds is 4. The van der Waals surface area contributed by atoms with Gasteiger partial charge in [0.15, 0.2) is 0 Å². The van der Waals surface area contributed by atoms with Gasteiger partial charge in [-0.1, -0.05) is 12.1 Å². The number of hydrogen-bond donors (Lipinski definition) is 3. The fourth-order valence-corrected chi connectivity index (χ4v) is 2.11. The molecule has 0 atom stereocenters. The summed E-state index contributed by atoms with van der Waals surface area (Å²) in [6.07, 6.45) is 0. The quantitative estimate of drug-likeness (QED) is 0.754. The number of hydrogen-bond acceptors (Lipinski definition) is 3. The van der Waals surface area contributed by atoms with Crippen molar-refractivity contribution in [3.63, 3.8) is 0 Å². The molecule has 4 heteroatoms. The third-order valence-corrected chi connectivity index (χ3v) is 3.53. The first-order valence-corrected chi connectivity index (χ1v) is 7.04. The Balaban J connectivity index is 2.25. The average molecular weight is 283 g/mol. The minimum Gasteiger partial charge on any atom is -0.397 e. The first-order chi connectivity index (χ1) is 10.0. The van der Waals surface area contributed by atoms with Crippen molar-refractivity contribution in [2.24, 2.45) is 0 Å². The molecule has 0 aromatic heterocycles. The van der Waals surface area contributed by atoms with E-state index in [2.05, 4.69) is 30.5 Å². The Morgan fingerprint density at radius 1 is 1.14 bits per heavy atom. The normalized spacial score (nSPS) is 10.2. The Labute approximate surface area is 125 Å². The molecule has 110 valence electrons. The number of aryl methyl sites for hydroxylation is 1. The lowest BCUT2D eigenvalue weighted by Gasteiger charge is -2.14. The van der Waals surface area contributed by atoms with Crippen molar-refractivity contribution in [3.8, 4) is 0 Å². The van der Waals surface area contributed by atoms with Gasteiger partial charge in [0, 0.05) is 17.8 Å². The van der Waals surface area contributed by atoms with Crippen molar-refractivity contribution >= 4 is 23.0 Å². The van der Waals surface area contributed by atoms with Crippen LogP contribution in [0.1, 0.15) is 28.4 Å². The number of carbonyl (C=O) groups is 1. The topological polar surface area (TPSA) is 67.2 Å². The highest BCUT2D eigenvalue weighted by atomic mass is 16.1. The van der Waals surface area contributed by atoms with Gasteiger partial charge in [-0.05, 0) is 56.2 Å². The number of nitrogens with one attached hydrogen (secondary N) is 2. The van der Waals surface area contributed by atoms with Crippen LogP contribution in [0.3, 0.4) is 0 Å². The van der Waals surface area contributed by atoms with E-state index in [1.165, 1.54) is 11.1 Å². The van der Waals surface area contributed by atoms with Crippen molar-refractivity contribution < 1.29 is 4.79 Å². The molecule has 4 N–H and O–H groups in total. The lowest BCUT2D eigenvalue weighted by molar-refractivity contribution is 0.0956. The zero-order valence-electron chi connectivity index (χ0n) is 12.7. The molecule has 0 unspecified atom stereocenters. The summed E-state index contributed by atoms with van der Waals surface area (Å²) in [5.41, 5.74) is 11.4. The highest BCUT2D eigenvalue weighted by molar-refractivity contribution is 5.96. The highest BCUT2D eigenvalue weighted by Gasteiger charge is 2.08. The fourth-order valence-electron chi connectivity index (χ4n) is 2.11. The van der Waals surface area contributed by atoms with E-state index >= 15 is 0 Å². The maximum absolute atomic E-state index is 11.8. The van der Waals surface area contributed by atoms with Crippen LogP contribution in [0, 0.1) is 13.8 Å². The van der Waals surface area contributed by atoms with Crippen LogP contribution in [0.4, 0.5) is 17.1 Å². The predicted molar refractivity (Wildman–Crippen MR) is 88.1 cm³/mol. The Bertz CT molecular complexity index is 665. The molecule has 0 aliphatic rings. The van der Waals surface area contributed by atoms with Gasteiger partial charge in [0.1, 0.15) is 0 Å². The summed E-state index contributed by atoms with van der Waals surface area (Å²) < 4.78 is 0. The molecule has 0 saturated heterocycles. The first kappa shape index (κ1) is 14.9. The minimum absolute atomic E-state index is 0.109. The average Bonchev–Trinajstić information content (AvgIpc) is 2.46. The molecule has 2 rings (SSSR count). The summed E-state index contributed by atoms with van der Waals surface area (Å²) in [4.78, 5) is 11.8. The monoisotopic (exact) mass is 283 g/mol. The van der Waals surface area contributed by atoms with E-state index < -0.39 is 0 Å². The highest BCUT2D eigenvalue weighted by Crippen LogP contribution is 2.27. The van der Waals surface area contributed by atoms with Crippen molar-refractivity contribution in [2.45, 2.75) is 20.8 Å². The second-order valence-corrected chi connectivity index (χ2v) is 5.03. The van der Waals surface area contributed by atoms with Gasteiger partial charge in [-0.15, -0.1) is 0 Å². The predicted octanol–water partition coefficient (Wildman–Crippen LogP) is 3.38. The molecule has 0 aliphatic heterocycles. The first-order valence-electron chi connectivity index (χ1n) is 7.04. The number of anilines is 3. The summed E-state index contributed by atoms with van der Waals surface area (Å²) in [6.45, 7) is 6.62. The minimum atomic E-state index is -0.109. The van der Waals surface area contributed by atoms with Crippen LogP contribution in [0.15, 0.2) is 36.4 Å². The lowest BCUT2D eigenvalue weighted by Crippen LogP contribution is -2.22. The second kappa shape index (κ2) is 6.31. The van der Waals surface area contributed by atoms with Crippen molar-refractivity contribution in [1.82, 2.24) is 5.32 Å². The smallest absolute Gasteiger partial charge is 0.251 e. The van der Waals surface area contributed by atoms with Crippen molar-refractivity contribution in [1.29, 1.82) is 0 Å². The second-order valence-electron chi connectivity index (χ2n) is 5.03. The van der Waals surface area contributed by atoms with E-state index in [0.717, 1.165) is 11.4 Å². The van der Waals surface area contributed by atoms with Crippen LogP contribution in [0.2, 0.25) is 0 Å². The number of nitrogen functional groups attached to an aromatic ring is 1. The van der Waals surface area contributed by atoms with Gasteiger partial charge in [-0.2, -0.15) is 0 Å². The van der Waals surface area contributed by atoms with Crippen LogP contribution < -0.4 is 16.4 Å². The maximum atomic E-state index is 11.8. The number of amides is 1. The summed E-state index contributed by atoms with van der Waals surface area (Å²) in [6, 6.07) is 11.4. The summed E-state index contributed by atoms with van der Waals surface area (Å²) >= 11 is 0. The van der Waals surface area contributed by atoms with E-state index in [4.69, 9.17) is 5.73 Å². The fraction of sp³-hybridized carbons (Fsp3) is 0.235. The van der Waals surface area contributed by atoms with Gasteiger partial charge in [0.25, 0.3) is 5.91 Å². The molecule has 0 heterocycles. The Hall–Kier alpha value is -2.49. The Morgan fingerprint density at radius 3 is 2.57 bits per heavy atom. The standard InChI is InChI=1S/C17H21N3O/c1-4-19-17(21)13-8-9-16(14(18)10-13)20-15-7-5-6-11(2)12(15)3/h5-10,20H,4,18H2,1-3H3,(H,19,21). The van der Waals surface area contributed by atoms with Gasteiger partial charge >= 0.3 is 0 Å². The van der Waals surface area contributed by atoms with Gasteiger partial charge in [0.05, 0.1) is 11.4 Å². The van der Waals surface area contributed by atoms with Crippen molar-refractivity contribution in [2.75, 3.05) is 17.6 Å². The van der Waals surface area contributed by atoms with Crippen LogP contribution in [-0.2, 0) is 0 Å². The van der Waals surface area contributed by atoms with Crippen LogP contribution >= 0.6 is 0 Å². The molecule has 4 nitrogen and oxygen atoms in total.